The number of rotatable bonds is 4. The standard InChI is InChI=1S/C11H14N2O4/c1-6(12)4-10(15)13-7-2-3-9(14)8(5-7)11(16)17/h2-3,5-6,14H,4,12H2,1H3,(H,13,15)(H,16,17). The highest BCUT2D eigenvalue weighted by Crippen LogP contribution is 2.21. The van der Waals surface area contributed by atoms with Crippen molar-refractivity contribution in [1.82, 2.24) is 0 Å². The maximum atomic E-state index is 11.4. The van der Waals surface area contributed by atoms with Crippen LogP contribution in [0.5, 0.6) is 5.75 Å². The highest BCUT2D eigenvalue weighted by atomic mass is 16.4. The number of nitrogens with one attached hydrogen (secondary N) is 1. The van der Waals surface area contributed by atoms with Crippen molar-refractivity contribution in [2.75, 3.05) is 5.32 Å². The van der Waals surface area contributed by atoms with Crippen molar-refractivity contribution in [2.24, 2.45) is 5.73 Å². The third-order valence-electron chi connectivity index (χ3n) is 2.02. The number of benzene rings is 1. The molecule has 0 saturated carbocycles. The average Bonchev–Trinajstić information content (AvgIpc) is 2.19. The number of carbonyl (C=O) groups excluding carboxylic acids is 1. The van der Waals surface area contributed by atoms with Gasteiger partial charge in [-0.3, -0.25) is 4.79 Å². The number of hydrogen-bond acceptors (Lipinski definition) is 4. The number of aromatic carboxylic acids is 1. The Bertz CT molecular complexity index is 443. The van der Waals surface area contributed by atoms with Gasteiger partial charge in [0.1, 0.15) is 11.3 Å². The second-order valence-corrected chi connectivity index (χ2v) is 3.77. The zero-order chi connectivity index (χ0) is 13.0. The Balaban J connectivity index is 2.82. The highest BCUT2D eigenvalue weighted by Gasteiger charge is 2.12. The smallest absolute Gasteiger partial charge is 0.339 e. The first kappa shape index (κ1) is 13.0. The van der Waals surface area contributed by atoms with Crippen LogP contribution in [0, 0.1) is 0 Å². The molecule has 1 aromatic carbocycles. The minimum absolute atomic E-state index is 0.142. The fraction of sp³-hybridized carbons (Fsp3) is 0.273. The molecule has 6 nitrogen and oxygen atoms in total. The number of phenols is 1. The maximum Gasteiger partial charge on any atom is 0.339 e. The van der Waals surface area contributed by atoms with Crippen LogP contribution < -0.4 is 11.1 Å². The lowest BCUT2D eigenvalue weighted by Crippen LogP contribution is -2.24. The summed E-state index contributed by atoms with van der Waals surface area (Å²) >= 11 is 0. The van der Waals surface area contributed by atoms with E-state index < -0.39 is 5.97 Å². The molecule has 0 fully saturated rings. The maximum absolute atomic E-state index is 11.4. The summed E-state index contributed by atoms with van der Waals surface area (Å²) in [5.74, 6) is -1.91. The number of amides is 1. The highest BCUT2D eigenvalue weighted by molar-refractivity contribution is 5.95. The molecule has 1 atom stereocenters. The molecule has 6 heteroatoms. The van der Waals surface area contributed by atoms with E-state index >= 15 is 0 Å². The third-order valence-corrected chi connectivity index (χ3v) is 2.02. The van der Waals surface area contributed by atoms with Crippen molar-refractivity contribution >= 4 is 17.6 Å². The van der Waals surface area contributed by atoms with Gasteiger partial charge in [-0.15, -0.1) is 0 Å². The molecule has 0 aliphatic rings. The number of nitrogens with two attached hydrogens (primary N) is 1. The summed E-state index contributed by atoms with van der Waals surface area (Å²) in [6, 6.07) is 3.55. The number of hydrogen-bond donors (Lipinski definition) is 4. The fourth-order valence-electron chi connectivity index (χ4n) is 1.29. The molecular formula is C11H14N2O4. The molecular weight excluding hydrogens is 224 g/mol. The lowest BCUT2D eigenvalue weighted by Gasteiger charge is -2.08. The van der Waals surface area contributed by atoms with Crippen molar-refractivity contribution in [1.29, 1.82) is 0 Å². The lowest BCUT2D eigenvalue weighted by atomic mass is 10.1. The van der Waals surface area contributed by atoms with Crippen molar-refractivity contribution in [3.63, 3.8) is 0 Å². The summed E-state index contributed by atoms with van der Waals surface area (Å²) in [4.78, 5) is 22.1. The third kappa shape index (κ3) is 3.76. The molecule has 0 bridgehead atoms. The number of carboxylic acids is 1. The van der Waals surface area contributed by atoms with Gasteiger partial charge in [-0.1, -0.05) is 0 Å². The average molecular weight is 238 g/mol. The zero-order valence-corrected chi connectivity index (χ0v) is 9.30. The van der Waals surface area contributed by atoms with Crippen LogP contribution in [0.4, 0.5) is 5.69 Å². The van der Waals surface area contributed by atoms with Gasteiger partial charge in [0.25, 0.3) is 0 Å². The zero-order valence-electron chi connectivity index (χ0n) is 9.30. The van der Waals surface area contributed by atoms with Gasteiger partial charge in [-0.05, 0) is 25.1 Å². The number of carboxylic acid groups (broad SMARTS) is 1. The largest absolute Gasteiger partial charge is 0.507 e. The molecule has 1 unspecified atom stereocenters. The monoisotopic (exact) mass is 238 g/mol. The first-order valence-corrected chi connectivity index (χ1v) is 5.02. The summed E-state index contributed by atoms with van der Waals surface area (Å²) in [5.41, 5.74) is 5.50. The molecule has 0 aliphatic heterocycles. The predicted octanol–water partition coefficient (Wildman–Crippen LogP) is 0.766. The van der Waals surface area contributed by atoms with Crippen molar-refractivity contribution < 1.29 is 19.8 Å². The summed E-state index contributed by atoms with van der Waals surface area (Å²) in [7, 11) is 0. The van der Waals surface area contributed by atoms with E-state index in [4.69, 9.17) is 10.8 Å². The topological polar surface area (TPSA) is 113 Å². The Morgan fingerprint density at radius 1 is 1.47 bits per heavy atom. The van der Waals surface area contributed by atoms with E-state index in [0.717, 1.165) is 0 Å². The van der Waals surface area contributed by atoms with Gasteiger partial charge in [-0.2, -0.15) is 0 Å². The van der Waals surface area contributed by atoms with E-state index in [1.54, 1.807) is 6.92 Å². The van der Waals surface area contributed by atoms with Crippen LogP contribution in [-0.2, 0) is 4.79 Å². The Labute approximate surface area is 98.1 Å². The van der Waals surface area contributed by atoms with Crippen LogP contribution in [0.1, 0.15) is 23.7 Å². The first-order valence-electron chi connectivity index (χ1n) is 5.02. The van der Waals surface area contributed by atoms with E-state index in [2.05, 4.69) is 5.32 Å². The van der Waals surface area contributed by atoms with Crippen LogP contribution in [0.15, 0.2) is 18.2 Å². The van der Waals surface area contributed by atoms with Crippen molar-refractivity contribution in [3.05, 3.63) is 23.8 Å². The number of aromatic hydroxyl groups is 1. The molecule has 0 aromatic heterocycles. The molecule has 0 radical (unpaired) electrons. The van der Waals surface area contributed by atoms with Crippen LogP contribution in [0.3, 0.4) is 0 Å². The second-order valence-electron chi connectivity index (χ2n) is 3.77. The van der Waals surface area contributed by atoms with Crippen molar-refractivity contribution in [2.45, 2.75) is 19.4 Å². The van der Waals surface area contributed by atoms with Gasteiger partial charge in [0.05, 0.1) is 0 Å². The van der Waals surface area contributed by atoms with Crippen LogP contribution in [0.25, 0.3) is 0 Å². The Kier molecular flexibility index (Phi) is 4.06. The van der Waals surface area contributed by atoms with Gasteiger partial charge < -0.3 is 21.3 Å². The normalized spacial score (nSPS) is 11.9. The first-order chi connectivity index (χ1) is 7.90. The quantitative estimate of drug-likeness (QED) is 0.578. The summed E-state index contributed by atoms with van der Waals surface area (Å²) < 4.78 is 0. The fourth-order valence-corrected chi connectivity index (χ4v) is 1.29. The Morgan fingerprint density at radius 2 is 2.12 bits per heavy atom. The van der Waals surface area contributed by atoms with Crippen LogP contribution in [-0.4, -0.2) is 28.1 Å². The minimum atomic E-state index is -1.26. The van der Waals surface area contributed by atoms with E-state index in [-0.39, 0.29) is 29.7 Å². The van der Waals surface area contributed by atoms with E-state index in [1.165, 1.54) is 18.2 Å². The second kappa shape index (κ2) is 5.31. The SMILES string of the molecule is CC(N)CC(=O)Nc1ccc(O)c(C(=O)O)c1. The Hall–Kier alpha value is -2.08. The summed E-state index contributed by atoms with van der Waals surface area (Å²) in [6.07, 6.45) is 0.142. The molecule has 1 aromatic rings. The number of anilines is 1. The summed E-state index contributed by atoms with van der Waals surface area (Å²) in [6.45, 7) is 1.69. The molecule has 0 aliphatic carbocycles. The molecule has 5 N–H and O–H groups in total. The molecule has 92 valence electrons. The van der Waals surface area contributed by atoms with Crippen molar-refractivity contribution in [3.8, 4) is 5.75 Å². The van der Waals surface area contributed by atoms with E-state index in [0.29, 0.717) is 5.69 Å². The summed E-state index contributed by atoms with van der Waals surface area (Å²) in [5, 5.41) is 20.6. The van der Waals surface area contributed by atoms with E-state index in [1.807, 2.05) is 0 Å². The van der Waals surface area contributed by atoms with Crippen LogP contribution >= 0.6 is 0 Å². The van der Waals surface area contributed by atoms with Crippen LogP contribution in [0.2, 0.25) is 0 Å². The van der Waals surface area contributed by atoms with Gasteiger partial charge in [0.15, 0.2) is 0 Å². The molecule has 0 saturated heterocycles. The van der Waals surface area contributed by atoms with E-state index in [9.17, 15) is 14.7 Å². The molecule has 0 heterocycles. The molecule has 1 rings (SSSR count). The van der Waals surface area contributed by atoms with Gasteiger partial charge in [0, 0.05) is 18.2 Å². The molecule has 0 spiro atoms. The minimum Gasteiger partial charge on any atom is -0.507 e. The molecule has 1 amide bonds. The number of carbonyl (C=O) groups is 2. The van der Waals surface area contributed by atoms with Gasteiger partial charge >= 0.3 is 5.97 Å². The van der Waals surface area contributed by atoms with Gasteiger partial charge in [0.2, 0.25) is 5.91 Å². The Morgan fingerprint density at radius 3 is 2.65 bits per heavy atom. The molecule has 17 heavy (non-hydrogen) atoms. The lowest BCUT2D eigenvalue weighted by molar-refractivity contribution is -0.116. The predicted molar refractivity (Wildman–Crippen MR) is 62.0 cm³/mol. The van der Waals surface area contributed by atoms with Gasteiger partial charge in [-0.25, -0.2) is 4.79 Å².